The first-order valence-corrected chi connectivity index (χ1v) is 8.92. The number of carbonyl (C=O) groups is 1. The van der Waals surface area contributed by atoms with E-state index in [2.05, 4.69) is 10.4 Å². The first-order chi connectivity index (χ1) is 11.8. The van der Waals surface area contributed by atoms with Crippen molar-refractivity contribution in [1.29, 1.82) is 0 Å². The topological polar surface area (TPSA) is 80.3 Å². The number of aromatic nitrogens is 2. The lowest BCUT2D eigenvalue weighted by Crippen LogP contribution is -2.39. The van der Waals surface area contributed by atoms with Crippen LogP contribution in [0.4, 0.5) is 0 Å². The van der Waals surface area contributed by atoms with Crippen molar-refractivity contribution in [1.82, 2.24) is 15.1 Å². The van der Waals surface area contributed by atoms with E-state index in [1.807, 2.05) is 31.5 Å². The van der Waals surface area contributed by atoms with E-state index < -0.39 is 5.60 Å². The van der Waals surface area contributed by atoms with E-state index >= 15 is 0 Å². The van der Waals surface area contributed by atoms with Crippen molar-refractivity contribution in [2.45, 2.75) is 65.0 Å². The highest BCUT2D eigenvalue weighted by Crippen LogP contribution is 2.30. The Morgan fingerprint density at radius 2 is 2.08 bits per heavy atom. The van der Waals surface area contributed by atoms with Crippen molar-refractivity contribution >= 4 is 5.91 Å². The van der Waals surface area contributed by atoms with Gasteiger partial charge in [-0.05, 0) is 46.6 Å². The molecule has 1 aliphatic carbocycles. The minimum atomic E-state index is -1.19. The first kappa shape index (κ1) is 17.7. The van der Waals surface area contributed by atoms with Crippen LogP contribution in [0.5, 0.6) is 0 Å². The highest BCUT2D eigenvalue weighted by Gasteiger charge is 2.29. The number of hydrogen-bond acceptors (Lipinski definition) is 4. The van der Waals surface area contributed by atoms with E-state index in [0.717, 1.165) is 24.3 Å². The van der Waals surface area contributed by atoms with E-state index in [9.17, 15) is 9.90 Å². The minimum Gasteiger partial charge on any atom is -0.466 e. The second kappa shape index (κ2) is 6.67. The van der Waals surface area contributed by atoms with Gasteiger partial charge in [0.2, 0.25) is 0 Å². The maximum absolute atomic E-state index is 12.6. The fourth-order valence-electron chi connectivity index (χ4n) is 3.77. The number of carbonyl (C=O) groups excluding carboxylic acids is 1. The van der Waals surface area contributed by atoms with E-state index in [1.54, 1.807) is 13.1 Å². The molecule has 1 unspecified atom stereocenters. The molecule has 2 aromatic rings. The zero-order valence-corrected chi connectivity index (χ0v) is 15.4. The SMILES string of the molecule is Cc1cc(C(C)(O)CNC(=O)c2cnn(C3CCCC3)c2C)c(C)o1. The Kier molecular flexibility index (Phi) is 4.73. The number of aryl methyl sites for hydroxylation is 2. The standard InChI is InChI=1S/C19H27N3O3/c1-12-9-17(14(3)25-12)19(4,24)11-20-18(23)16-10-21-22(13(16)2)15-7-5-6-8-15/h9-10,15,24H,5-8,11H2,1-4H3,(H,20,23). The third-order valence-electron chi connectivity index (χ3n) is 5.17. The Morgan fingerprint density at radius 1 is 1.40 bits per heavy atom. The van der Waals surface area contributed by atoms with Crippen molar-refractivity contribution in [3.8, 4) is 0 Å². The van der Waals surface area contributed by atoms with Crippen LogP contribution < -0.4 is 5.32 Å². The summed E-state index contributed by atoms with van der Waals surface area (Å²) in [6.45, 7) is 7.38. The maximum atomic E-state index is 12.6. The number of rotatable bonds is 5. The molecule has 2 N–H and O–H groups in total. The third kappa shape index (κ3) is 3.49. The van der Waals surface area contributed by atoms with Gasteiger partial charge in [-0.3, -0.25) is 9.48 Å². The minimum absolute atomic E-state index is 0.111. The van der Waals surface area contributed by atoms with E-state index in [1.165, 1.54) is 12.8 Å². The van der Waals surface area contributed by atoms with Gasteiger partial charge in [-0.1, -0.05) is 12.8 Å². The number of furan rings is 1. The zero-order valence-electron chi connectivity index (χ0n) is 15.4. The predicted molar refractivity (Wildman–Crippen MR) is 94.6 cm³/mol. The molecule has 0 aliphatic heterocycles. The molecule has 1 fully saturated rings. The van der Waals surface area contributed by atoms with Crippen LogP contribution >= 0.6 is 0 Å². The van der Waals surface area contributed by atoms with Gasteiger partial charge in [0.25, 0.3) is 5.91 Å². The van der Waals surface area contributed by atoms with Crippen LogP contribution in [0.3, 0.4) is 0 Å². The van der Waals surface area contributed by atoms with Crippen LogP contribution in [0.15, 0.2) is 16.7 Å². The molecule has 0 bridgehead atoms. The lowest BCUT2D eigenvalue weighted by Gasteiger charge is -2.23. The van der Waals surface area contributed by atoms with Gasteiger partial charge in [-0.15, -0.1) is 0 Å². The molecule has 1 atom stereocenters. The highest BCUT2D eigenvalue weighted by molar-refractivity contribution is 5.95. The van der Waals surface area contributed by atoms with Gasteiger partial charge in [-0.2, -0.15) is 5.10 Å². The lowest BCUT2D eigenvalue weighted by atomic mass is 9.96. The smallest absolute Gasteiger partial charge is 0.254 e. The molecule has 3 rings (SSSR count). The van der Waals surface area contributed by atoms with Crippen molar-refractivity contribution in [3.63, 3.8) is 0 Å². The molecule has 2 aromatic heterocycles. The molecule has 6 nitrogen and oxygen atoms in total. The summed E-state index contributed by atoms with van der Waals surface area (Å²) in [4.78, 5) is 12.6. The number of amides is 1. The van der Waals surface area contributed by atoms with E-state index in [4.69, 9.17) is 4.42 Å². The Bertz CT molecular complexity index is 767. The summed E-state index contributed by atoms with van der Waals surface area (Å²) in [5.74, 6) is 1.20. The third-order valence-corrected chi connectivity index (χ3v) is 5.17. The van der Waals surface area contributed by atoms with Crippen molar-refractivity contribution in [2.24, 2.45) is 0 Å². The summed E-state index contributed by atoms with van der Waals surface area (Å²) >= 11 is 0. The molecule has 2 heterocycles. The molecule has 0 aromatic carbocycles. The number of hydrogen-bond donors (Lipinski definition) is 2. The summed E-state index contributed by atoms with van der Waals surface area (Å²) in [5.41, 5.74) is 0.971. The van der Waals surface area contributed by atoms with Crippen LogP contribution in [-0.2, 0) is 5.60 Å². The highest BCUT2D eigenvalue weighted by atomic mass is 16.3. The average Bonchev–Trinajstić information content (AvgIpc) is 3.25. The molecule has 1 saturated carbocycles. The summed E-state index contributed by atoms with van der Waals surface area (Å²) in [6, 6.07) is 2.21. The number of nitrogens with zero attached hydrogens (tertiary/aromatic N) is 2. The molecule has 0 spiro atoms. The molecular formula is C19H27N3O3. The fraction of sp³-hybridized carbons (Fsp3) is 0.579. The van der Waals surface area contributed by atoms with Gasteiger partial charge in [0.1, 0.15) is 17.1 Å². The van der Waals surface area contributed by atoms with Gasteiger partial charge >= 0.3 is 0 Å². The number of aliphatic hydroxyl groups is 1. The van der Waals surface area contributed by atoms with Gasteiger partial charge in [0.15, 0.2) is 0 Å². The first-order valence-electron chi connectivity index (χ1n) is 8.92. The van der Waals surface area contributed by atoms with Crippen LogP contribution in [0.25, 0.3) is 0 Å². The predicted octanol–water partition coefficient (Wildman–Crippen LogP) is 3.15. The van der Waals surface area contributed by atoms with Crippen LogP contribution in [0.2, 0.25) is 0 Å². The summed E-state index contributed by atoms with van der Waals surface area (Å²) in [7, 11) is 0. The summed E-state index contributed by atoms with van der Waals surface area (Å²) < 4.78 is 7.46. The van der Waals surface area contributed by atoms with Crippen molar-refractivity contribution < 1.29 is 14.3 Å². The average molecular weight is 345 g/mol. The molecule has 0 saturated heterocycles. The van der Waals surface area contributed by atoms with Gasteiger partial charge < -0.3 is 14.8 Å². The van der Waals surface area contributed by atoms with Crippen molar-refractivity contribution in [2.75, 3.05) is 6.54 Å². The second-order valence-electron chi connectivity index (χ2n) is 7.31. The quantitative estimate of drug-likeness (QED) is 0.872. The Hall–Kier alpha value is -2.08. The molecular weight excluding hydrogens is 318 g/mol. The van der Waals surface area contributed by atoms with E-state index in [-0.39, 0.29) is 12.5 Å². The van der Waals surface area contributed by atoms with Crippen LogP contribution in [0.1, 0.15) is 71.8 Å². The monoisotopic (exact) mass is 345 g/mol. The van der Waals surface area contributed by atoms with Gasteiger partial charge in [0.05, 0.1) is 24.3 Å². The normalized spacial score (nSPS) is 17.6. The lowest BCUT2D eigenvalue weighted by molar-refractivity contribution is 0.0513. The Balaban J connectivity index is 1.69. The maximum Gasteiger partial charge on any atom is 0.254 e. The molecule has 136 valence electrons. The van der Waals surface area contributed by atoms with Gasteiger partial charge in [-0.25, -0.2) is 0 Å². The Labute approximate surface area is 148 Å². The zero-order chi connectivity index (χ0) is 18.2. The van der Waals surface area contributed by atoms with Crippen molar-refractivity contribution in [3.05, 3.63) is 40.6 Å². The summed E-state index contributed by atoms with van der Waals surface area (Å²) in [5, 5.41) is 18.0. The molecule has 1 aliphatic rings. The summed E-state index contributed by atoms with van der Waals surface area (Å²) in [6.07, 6.45) is 6.31. The largest absolute Gasteiger partial charge is 0.466 e. The Morgan fingerprint density at radius 3 is 2.68 bits per heavy atom. The molecule has 6 heteroatoms. The van der Waals surface area contributed by atoms with Crippen LogP contribution in [-0.4, -0.2) is 27.3 Å². The van der Waals surface area contributed by atoms with E-state index in [0.29, 0.717) is 22.9 Å². The molecule has 25 heavy (non-hydrogen) atoms. The van der Waals surface area contributed by atoms with Gasteiger partial charge in [0, 0.05) is 11.3 Å². The molecule has 0 radical (unpaired) electrons. The van der Waals surface area contributed by atoms with Crippen LogP contribution in [0, 0.1) is 20.8 Å². The number of nitrogens with one attached hydrogen (secondary N) is 1. The molecule has 1 amide bonds. The fourth-order valence-corrected chi connectivity index (χ4v) is 3.77. The second-order valence-corrected chi connectivity index (χ2v) is 7.31.